The van der Waals surface area contributed by atoms with Crippen LogP contribution < -0.4 is 5.32 Å². The number of rotatable bonds is 7. The third kappa shape index (κ3) is 5.12. The van der Waals surface area contributed by atoms with Crippen molar-refractivity contribution in [3.63, 3.8) is 0 Å². The zero-order chi connectivity index (χ0) is 26.3. The second-order valence-electron chi connectivity index (χ2n) is 11.0. The summed E-state index contributed by atoms with van der Waals surface area (Å²) < 4.78 is 16.3. The maximum Gasteiger partial charge on any atom is 0.256 e. The fourth-order valence-corrected chi connectivity index (χ4v) is 5.70. The average Bonchev–Trinajstić information content (AvgIpc) is 3.21. The first-order valence-corrected chi connectivity index (χ1v) is 13.2. The number of carbonyl (C=O) groups excluding carboxylic acids is 2. The van der Waals surface area contributed by atoms with E-state index in [1.165, 1.54) is 17.7 Å². The van der Waals surface area contributed by atoms with E-state index >= 15 is 0 Å². The van der Waals surface area contributed by atoms with Gasteiger partial charge in [0.05, 0.1) is 23.0 Å². The lowest BCUT2D eigenvalue weighted by Crippen LogP contribution is -2.54. The number of fused-ring (bicyclic) bond motifs is 1. The summed E-state index contributed by atoms with van der Waals surface area (Å²) in [5.74, 6) is 0.0488. The maximum atomic E-state index is 14.3. The Morgan fingerprint density at radius 3 is 2.78 bits per heavy atom. The molecule has 1 atom stereocenters. The summed E-state index contributed by atoms with van der Waals surface area (Å²) in [4.78, 5) is 33.5. The summed E-state index contributed by atoms with van der Waals surface area (Å²) in [6.07, 6.45) is 9.39. The van der Waals surface area contributed by atoms with Gasteiger partial charge in [-0.3, -0.25) is 14.6 Å². The van der Waals surface area contributed by atoms with Crippen LogP contribution in [0, 0.1) is 18.7 Å². The maximum absolute atomic E-state index is 14.3. The Kier molecular flexibility index (Phi) is 7.03. The Labute approximate surface area is 217 Å². The summed E-state index contributed by atoms with van der Waals surface area (Å²) in [7, 11) is 1.74. The lowest BCUT2D eigenvalue weighted by Gasteiger charge is -2.42. The van der Waals surface area contributed by atoms with Crippen molar-refractivity contribution in [2.75, 3.05) is 26.7 Å². The van der Waals surface area contributed by atoms with Crippen molar-refractivity contribution in [1.29, 1.82) is 0 Å². The van der Waals surface area contributed by atoms with Crippen LogP contribution in [0.15, 0.2) is 36.8 Å². The van der Waals surface area contributed by atoms with Gasteiger partial charge in [-0.25, -0.2) is 4.39 Å². The number of amides is 2. The topological polar surface area (TPSA) is 70.5 Å². The molecule has 2 aliphatic heterocycles. The van der Waals surface area contributed by atoms with E-state index in [1.807, 2.05) is 30.8 Å². The monoisotopic (exact) mass is 505 g/mol. The summed E-state index contributed by atoms with van der Waals surface area (Å²) >= 11 is 0. The van der Waals surface area contributed by atoms with Crippen LogP contribution in [0.5, 0.6) is 0 Å². The number of likely N-dealkylation sites (tertiary alicyclic amines) is 1. The molecule has 3 aromatic rings. The molecule has 1 N–H and O–H groups in total. The Bertz CT molecular complexity index is 1330. The molecule has 7 nitrogen and oxygen atoms in total. The van der Waals surface area contributed by atoms with Gasteiger partial charge in [-0.1, -0.05) is 0 Å². The predicted octanol–water partition coefficient (Wildman–Crippen LogP) is 4.10. The number of hydrogen-bond acceptors (Lipinski definition) is 4. The largest absolute Gasteiger partial charge is 0.352 e. The standard InChI is InChI=1S/C29H36FN5O2/c1-18(2)33(4)29(37)24-11-22(30)8-9-25(24)35-16-21(28-19(3)12-31-13-26(28)35)10-20-14-34(15-20)17-23-6-5-7-27(36)32-23/h8-9,11-13,16,18,20,23H,5-7,10,14-15,17H2,1-4H3,(H,32,36). The highest BCUT2D eigenvalue weighted by atomic mass is 19.1. The number of aromatic nitrogens is 2. The fraction of sp³-hybridized carbons (Fsp3) is 0.483. The zero-order valence-electron chi connectivity index (χ0n) is 22.1. The first-order valence-electron chi connectivity index (χ1n) is 13.2. The van der Waals surface area contributed by atoms with Gasteiger partial charge in [0.15, 0.2) is 0 Å². The second kappa shape index (κ2) is 10.2. The molecule has 0 aliphatic carbocycles. The summed E-state index contributed by atoms with van der Waals surface area (Å²) in [6.45, 7) is 8.86. The zero-order valence-corrected chi connectivity index (χ0v) is 22.1. The molecule has 0 radical (unpaired) electrons. The van der Waals surface area contributed by atoms with Gasteiger partial charge in [0, 0.05) is 63.0 Å². The van der Waals surface area contributed by atoms with E-state index in [9.17, 15) is 14.0 Å². The second-order valence-corrected chi connectivity index (χ2v) is 11.0. The van der Waals surface area contributed by atoms with Gasteiger partial charge in [0.25, 0.3) is 5.91 Å². The molecule has 0 spiro atoms. The highest BCUT2D eigenvalue weighted by Crippen LogP contribution is 2.32. The van der Waals surface area contributed by atoms with E-state index in [2.05, 4.69) is 28.3 Å². The minimum absolute atomic E-state index is 0.00649. The van der Waals surface area contributed by atoms with Gasteiger partial charge in [-0.15, -0.1) is 0 Å². The highest BCUT2D eigenvalue weighted by Gasteiger charge is 2.31. The lowest BCUT2D eigenvalue weighted by atomic mass is 9.90. The van der Waals surface area contributed by atoms with Gasteiger partial charge < -0.3 is 19.7 Å². The summed E-state index contributed by atoms with van der Waals surface area (Å²) in [6, 6.07) is 4.68. The smallest absolute Gasteiger partial charge is 0.256 e. The number of carbonyl (C=O) groups is 2. The molecule has 8 heteroatoms. The first-order chi connectivity index (χ1) is 17.7. The molecule has 0 bridgehead atoms. The number of halogens is 1. The third-order valence-electron chi connectivity index (χ3n) is 7.87. The molecular weight excluding hydrogens is 469 g/mol. The van der Waals surface area contributed by atoms with Crippen LogP contribution in [-0.2, 0) is 11.2 Å². The van der Waals surface area contributed by atoms with E-state index in [4.69, 9.17) is 0 Å². The van der Waals surface area contributed by atoms with Crippen molar-refractivity contribution in [3.05, 3.63) is 59.3 Å². The number of pyridine rings is 1. The average molecular weight is 506 g/mol. The van der Waals surface area contributed by atoms with Gasteiger partial charge in [0.1, 0.15) is 5.82 Å². The number of nitrogens with one attached hydrogen (secondary N) is 1. The number of nitrogens with zero attached hydrogens (tertiary/aromatic N) is 4. The van der Waals surface area contributed by atoms with E-state index in [-0.39, 0.29) is 23.9 Å². The van der Waals surface area contributed by atoms with E-state index in [0.29, 0.717) is 23.6 Å². The molecule has 1 unspecified atom stereocenters. The highest BCUT2D eigenvalue weighted by molar-refractivity contribution is 5.99. The Morgan fingerprint density at radius 2 is 2.05 bits per heavy atom. The Morgan fingerprint density at radius 1 is 1.27 bits per heavy atom. The van der Waals surface area contributed by atoms with E-state index in [1.54, 1.807) is 18.0 Å². The van der Waals surface area contributed by atoms with Crippen molar-refractivity contribution >= 4 is 22.7 Å². The van der Waals surface area contributed by atoms with E-state index in [0.717, 1.165) is 55.4 Å². The minimum atomic E-state index is -0.432. The summed E-state index contributed by atoms with van der Waals surface area (Å²) in [5.41, 5.74) is 4.22. The first kappa shape index (κ1) is 25.4. The molecule has 5 rings (SSSR count). The lowest BCUT2D eigenvalue weighted by molar-refractivity contribution is -0.123. The summed E-state index contributed by atoms with van der Waals surface area (Å²) in [5, 5.41) is 4.26. The van der Waals surface area contributed by atoms with Crippen LogP contribution in [0.25, 0.3) is 16.6 Å². The van der Waals surface area contributed by atoms with Crippen LogP contribution in [0.4, 0.5) is 4.39 Å². The number of benzene rings is 1. The number of aryl methyl sites for hydroxylation is 1. The third-order valence-corrected chi connectivity index (χ3v) is 7.87. The number of hydrogen-bond donors (Lipinski definition) is 1. The van der Waals surface area contributed by atoms with Crippen LogP contribution in [0.3, 0.4) is 0 Å². The molecule has 2 saturated heterocycles. The molecule has 2 aromatic heterocycles. The van der Waals surface area contributed by atoms with Gasteiger partial charge in [-0.05, 0) is 75.3 Å². The molecule has 4 heterocycles. The minimum Gasteiger partial charge on any atom is -0.352 e. The van der Waals surface area contributed by atoms with Crippen LogP contribution >= 0.6 is 0 Å². The van der Waals surface area contributed by atoms with Gasteiger partial charge in [0.2, 0.25) is 5.91 Å². The molecule has 196 valence electrons. The van der Waals surface area contributed by atoms with Crippen molar-refractivity contribution in [3.8, 4) is 5.69 Å². The molecular formula is C29H36FN5O2. The fourth-order valence-electron chi connectivity index (χ4n) is 5.70. The van der Waals surface area contributed by atoms with Crippen molar-refractivity contribution in [2.24, 2.45) is 5.92 Å². The van der Waals surface area contributed by atoms with Crippen LogP contribution in [-0.4, -0.2) is 69.9 Å². The number of piperidine rings is 1. The van der Waals surface area contributed by atoms with Crippen LogP contribution in [0.1, 0.15) is 54.6 Å². The van der Waals surface area contributed by atoms with Gasteiger partial charge >= 0.3 is 0 Å². The molecule has 1 aromatic carbocycles. The molecule has 2 aliphatic rings. The Hall–Kier alpha value is -3.26. The van der Waals surface area contributed by atoms with Crippen molar-refractivity contribution < 1.29 is 14.0 Å². The Balaban J connectivity index is 1.41. The quantitative estimate of drug-likeness (QED) is 0.525. The van der Waals surface area contributed by atoms with Crippen molar-refractivity contribution in [2.45, 2.75) is 58.5 Å². The molecule has 2 amide bonds. The van der Waals surface area contributed by atoms with Crippen molar-refractivity contribution in [1.82, 2.24) is 24.7 Å². The predicted molar refractivity (Wildman–Crippen MR) is 142 cm³/mol. The normalized spacial score (nSPS) is 18.8. The molecule has 2 fully saturated rings. The SMILES string of the molecule is Cc1cncc2c1c(CC1CN(CC3CCCC(=O)N3)C1)cn2-c1ccc(F)cc1C(=O)N(C)C(C)C. The van der Waals surface area contributed by atoms with E-state index < -0.39 is 5.82 Å². The molecule has 0 saturated carbocycles. The van der Waals surface area contributed by atoms with Crippen LogP contribution in [0.2, 0.25) is 0 Å². The molecule has 37 heavy (non-hydrogen) atoms. The van der Waals surface area contributed by atoms with Gasteiger partial charge in [-0.2, -0.15) is 0 Å².